The molecule has 0 aliphatic heterocycles. The van der Waals surface area contributed by atoms with E-state index in [9.17, 15) is 9.59 Å². The summed E-state index contributed by atoms with van der Waals surface area (Å²) in [5.74, 6) is 0.180. The molecule has 0 saturated heterocycles. The van der Waals surface area contributed by atoms with E-state index in [1.165, 1.54) is 17.9 Å². The lowest BCUT2D eigenvalue weighted by Gasteiger charge is -2.13. The number of amides is 1. The van der Waals surface area contributed by atoms with Gasteiger partial charge in [-0.3, -0.25) is 9.59 Å². The van der Waals surface area contributed by atoms with Crippen LogP contribution in [0.15, 0.2) is 56.6 Å². The Morgan fingerprint density at radius 1 is 1.35 bits per heavy atom. The predicted molar refractivity (Wildman–Crippen MR) is 89.7 cm³/mol. The lowest BCUT2D eigenvalue weighted by atomic mass is 10.1. The minimum atomic E-state index is -0.431. The van der Waals surface area contributed by atoms with Crippen molar-refractivity contribution in [3.8, 4) is 11.5 Å². The predicted octanol–water partition coefficient (Wildman–Crippen LogP) is 3.06. The molecule has 3 aromatic heterocycles. The first-order chi connectivity index (χ1) is 11.1. The number of furan rings is 1. The molecule has 1 amide bonds. The molecule has 23 heavy (non-hydrogen) atoms. The van der Waals surface area contributed by atoms with Crippen LogP contribution in [-0.2, 0) is 6.42 Å². The maximum atomic E-state index is 12.3. The molecule has 0 aliphatic carbocycles. The molecular formula is C17H16N2O3S. The molecule has 5 nitrogen and oxygen atoms in total. The minimum absolute atomic E-state index is 0.0544. The van der Waals surface area contributed by atoms with Gasteiger partial charge in [-0.25, -0.2) is 0 Å². The van der Waals surface area contributed by atoms with Crippen LogP contribution < -0.4 is 10.9 Å². The van der Waals surface area contributed by atoms with Gasteiger partial charge in [0.1, 0.15) is 11.3 Å². The van der Waals surface area contributed by atoms with Crippen molar-refractivity contribution in [2.75, 3.05) is 0 Å². The molecule has 2 N–H and O–H groups in total. The highest BCUT2D eigenvalue weighted by Gasteiger charge is 2.15. The van der Waals surface area contributed by atoms with Crippen LogP contribution >= 0.6 is 11.3 Å². The minimum Gasteiger partial charge on any atom is -0.463 e. The molecule has 0 bridgehead atoms. The van der Waals surface area contributed by atoms with Crippen molar-refractivity contribution in [2.45, 2.75) is 19.4 Å². The smallest absolute Gasteiger partial charge is 0.261 e. The summed E-state index contributed by atoms with van der Waals surface area (Å²) in [6.45, 7) is 1.92. The SMILES string of the molecule is C[C@@H](Cc1ccsc1)NC(=O)c1ccc(-c2ccco2)[nH]c1=O. The summed E-state index contributed by atoms with van der Waals surface area (Å²) in [7, 11) is 0. The third-order valence-electron chi connectivity index (χ3n) is 3.44. The van der Waals surface area contributed by atoms with Crippen molar-refractivity contribution < 1.29 is 9.21 Å². The lowest BCUT2D eigenvalue weighted by Crippen LogP contribution is -2.37. The second-order valence-electron chi connectivity index (χ2n) is 5.30. The summed E-state index contributed by atoms with van der Waals surface area (Å²) >= 11 is 1.62. The maximum Gasteiger partial charge on any atom is 0.261 e. The fourth-order valence-electron chi connectivity index (χ4n) is 2.34. The van der Waals surface area contributed by atoms with Crippen LogP contribution in [0.3, 0.4) is 0 Å². The van der Waals surface area contributed by atoms with E-state index < -0.39 is 5.56 Å². The van der Waals surface area contributed by atoms with Crippen molar-refractivity contribution in [2.24, 2.45) is 0 Å². The quantitative estimate of drug-likeness (QED) is 0.756. The summed E-state index contributed by atoms with van der Waals surface area (Å²) in [5, 5.41) is 6.90. The number of carbonyl (C=O) groups is 1. The van der Waals surface area contributed by atoms with Gasteiger partial charge in [0.25, 0.3) is 11.5 Å². The van der Waals surface area contributed by atoms with E-state index in [0.717, 1.165) is 6.42 Å². The zero-order valence-corrected chi connectivity index (χ0v) is 13.4. The molecule has 0 aromatic carbocycles. The van der Waals surface area contributed by atoms with Gasteiger partial charge in [0.2, 0.25) is 0 Å². The van der Waals surface area contributed by atoms with Crippen molar-refractivity contribution in [1.29, 1.82) is 0 Å². The summed E-state index contributed by atoms with van der Waals surface area (Å²) in [5.41, 5.74) is 1.38. The van der Waals surface area contributed by atoms with Crippen molar-refractivity contribution in [3.05, 3.63) is 68.8 Å². The van der Waals surface area contributed by atoms with Crippen LogP contribution in [0.2, 0.25) is 0 Å². The maximum absolute atomic E-state index is 12.3. The number of nitrogens with one attached hydrogen (secondary N) is 2. The first kappa shape index (κ1) is 15.3. The molecule has 0 fully saturated rings. The molecule has 3 rings (SSSR count). The second kappa shape index (κ2) is 6.66. The number of H-pyrrole nitrogens is 1. The number of aromatic nitrogens is 1. The number of carbonyl (C=O) groups excluding carboxylic acids is 1. The molecule has 6 heteroatoms. The van der Waals surface area contributed by atoms with Crippen molar-refractivity contribution >= 4 is 17.2 Å². The zero-order valence-electron chi connectivity index (χ0n) is 12.5. The molecular weight excluding hydrogens is 312 g/mol. The topological polar surface area (TPSA) is 75.1 Å². The zero-order chi connectivity index (χ0) is 16.2. The molecule has 118 valence electrons. The van der Waals surface area contributed by atoms with Gasteiger partial charge in [-0.15, -0.1) is 0 Å². The Balaban J connectivity index is 1.71. The number of hydrogen-bond donors (Lipinski definition) is 2. The van der Waals surface area contributed by atoms with E-state index in [-0.39, 0.29) is 17.5 Å². The first-order valence-corrected chi connectivity index (χ1v) is 8.17. The average molecular weight is 328 g/mol. The van der Waals surface area contributed by atoms with E-state index >= 15 is 0 Å². The molecule has 1 atom stereocenters. The molecule has 3 heterocycles. The van der Waals surface area contributed by atoms with Gasteiger partial charge < -0.3 is 14.7 Å². The van der Waals surface area contributed by atoms with E-state index in [1.807, 2.05) is 23.8 Å². The van der Waals surface area contributed by atoms with Gasteiger partial charge >= 0.3 is 0 Å². The van der Waals surface area contributed by atoms with Crippen molar-refractivity contribution in [3.63, 3.8) is 0 Å². The van der Waals surface area contributed by atoms with Gasteiger partial charge in [-0.1, -0.05) is 0 Å². The highest BCUT2D eigenvalue weighted by Crippen LogP contribution is 2.15. The van der Waals surface area contributed by atoms with Gasteiger partial charge in [0.15, 0.2) is 0 Å². The Bertz CT molecular complexity index is 835. The Hall–Kier alpha value is -2.60. The Morgan fingerprint density at radius 2 is 2.22 bits per heavy atom. The number of hydrogen-bond acceptors (Lipinski definition) is 4. The van der Waals surface area contributed by atoms with Crippen LogP contribution in [0.5, 0.6) is 0 Å². The van der Waals surface area contributed by atoms with Crippen LogP contribution in [0.4, 0.5) is 0 Å². The van der Waals surface area contributed by atoms with Gasteiger partial charge in [-0.05, 0) is 60.0 Å². The molecule has 0 spiro atoms. The van der Waals surface area contributed by atoms with E-state index in [4.69, 9.17) is 4.42 Å². The fourth-order valence-corrected chi connectivity index (χ4v) is 3.02. The summed E-state index contributed by atoms with van der Waals surface area (Å²) in [6.07, 6.45) is 2.26. The first-order valence-electron chi connectivity index (χ1n) is 7.22. The van der Waals surface area contributed by atoms with E-state index in [1.54, 1.807) is 29.5 Å². The van der Waals surface area contributed by atoms with Gasteiger partial charge in [0.05, 0.1) is 12.0 Å². The Morgan fingerprint density at radius 3 is 2.87 bits per heavy atom. The fraction of sp³-hybridized carbons (Fsp3) is 0.176. The Kier molecular flexibility index (Phi) is 4.43. The summed E-state index contributed by atoms with van der Waals surface area (Å²) in [6, 6.07) is 8.63. The Labute approximate surface area is 137 Å². The van der Waals surface area contributed by atoms with E-state index in [0.29, 0.717) is 11.5 Å². The number of aromatic amines is 1. The summed E-state index contributed by atoms with van der Waals surface area (Å²) < 4.78 is 5.23. The van der Waals surface area contributed by atoms with Crippen LogP contribution in [0.25, 0.3) is 11.5 Å². The number of rotatable bonds is 5. The second-order valence-corrected chi connectivity index (χ2v) is 6.08. The number of pyridine rings is 1. The highest BCUT2D eigenvalue weighted by molar-refractivity contribution is 7.07. The molecule has 0 aliphatic rings. The van der Waals surface area contributed by atoms with E-state index in [2.05, 4.69) is 10.3 Å². The highest BCUT2D eigenvalue weighted by atomic mass is 32.1. The van der Waals surface area contributed by atoms with Crippen LogP contribution in [0.1, 0.15) is 22.8 Å². The van der Waals surface area contributed by atoms with Gasteiger partial charge in [0, 0.05) is 6.04 Å². The van der Waals surface area contributed by atoms with Gasteiger partial charge in [-0.2, -0.15) is 11.3 Å². The lowest BCUT2D eigenvalue weighted by molar-refractivity contribution is 0.0938. The monoisotopic (exact) mass is 328 g/mol. The van der Waals surface area contributed by atoms with Crippen molar-refractivity contribution in [1.82, 2.24) is 10.3 Å². The molecule has 0 unspecified atom stereocenters. The molecule has 0 radical (unpaired) electrons. The third-order valence-corrected chi connectivity index (χ3v) is 4.17. The average Bonchev–Trinajstić information content (AvgIpc) is 3.19. The third kappa shape index (κ3) is 3.60. The van der Waals surface area contributed by atoms with Crippen LogP contribution in [-0.4, -0.2) is 16.9 Å². The normalized spacial score (nSPS) is 12.0. The molecule has 0 saturated carbocycles. The number of thiophene rings is 1. The standard InChI is InChI=1S/C17H16N2O3S/c1-11(9-12-6-8-23-10-12)18-16(20)13-4-5-14(19-17(13)21)15-3-2-7-22-15/h2-8,10-11H,9H2,1H3,(H,18,20)(H,19,21)/t11-/m0/s1. The van der Waals surface area contributed by atoms with Crippen LogP contribution in [0, 0.1) is 0 Å². The summed E-state index contributed by atoms with van der Waals surface area (Å²) in [4.78, 5) is 27.0. The largest absolute Gasteiger partial charge is 0.463 e. The molecule has 3 aromatic rings.